The van der Waals surface area contributed by atoms with E-state index in [2.05, 4.69) is 61.2 Å². The zero-order valence-electron chi connectivity index (χ0n) is 16.1. The SMILES string of the molecule is Cc1cccc(C(C)C)c1Nc1cnc(C(=O)N2CCC(C)CC2)cn1. The van der Waals surface area contributed by atoms with Crippen LogP contribution in [0.15, 0.2) is 30.6 Å². The highest BCUT2D eigenvalue weighted by atomic mass is 16.2. The summed E-state index contributed by atoms with van der Waals surface area (Å²) in [5, 5.41) is 3.38. The van der Waals surface area contributed by atoms with Crippen molar-refractivity contribution in [3.63, 3.8) is 0 Å². The molecule has 0 bridgehead atoms. The van der Waals surface area contributed by atoms with Crippen LogP contribution in [0.25, 0.3) is 0 Å². The Kier molecular flexibility index (Phi) is 5.55. The van der Waals surface area contributed by atoms with Gasteiger partial charge in [-0.25, -0.2) is 9.97 Å². The average Bonchev–Trinajstić information content (AvgIpc) is 2.64. The normalized spacial score (nSPS) is 15.3. The molecule has 0 aliphatic carbocycles. The number of amides is 1. The number of rotatable bonds is 4. The summed E-state index contributed by atoms with van der Waals surface area (Å²) in [4.78, 5) is 23.2. The first-order chi connectivity index (χ1) is 12.5. The molecule has 0 spiro atoms. The Labute approximate surface area is 155 Å². The van der Waals surface area contributed by atoms with Crippen molar-refractivity contribution in [1.29, 1.82) is 0 Å². The second kappa shape index (κ2) is 7.85. The Morgan fingerprint density at radius 3 is 2.54 bits per heavy atom. The molecule has 5 nitrogen and oxygen atoms in total. The molecule has 1 saturated heterocycles. The fourth-order valence-electron chi connectivity index (χ4n) is 3.35. The van der Waals surface area contributed by atoms with Crippen molar-refractivity contribution in [3.8, 4) is 0 Å². The van der Waals surface area contributed by atoms with Gasteiger partial charge in [-0.15, -0.1) is 0 Å². The first kappa shape index (κ1) is 18.4. The van der Waals surface area contributed by atoms with Gasteiger partial charge in [0, 0.05) is 18.8 Å². The minimum Gasteiger partial charge on any atom is -0.338 e. The Morgan fingerprint density at radius 2 is 1.92 bits per heavy atom. The van der Waals surface area contributed by atoms with E-state index in [1.165, 1.54) is 11.1 Å². The monoisotopic (exact) mass is 352 g/mol. The van der Waals surface area contributed by atoms with E-state index < -0.39 is 0 Å². The Bertz CT molecular complexity index is 762. The van der Waals surface area contributed by atoms with Crippen molar-refractivity contribution in [2.45, 2.75) is 46.5 Å². The summed E-state index contributed by atoms with van der Waals surface area (Å²) in [6.45, 7) is 10.3. The molecule has 5 heteroatoms. The van der Waals surface area contributed by atoms with Crippen LogP contribution < -0.4 is 5.32 Å². The number of anilines is 2. The summed E-state index contributed by atoms with van der Waals surface area (Å²) in [6, 6.07) is 6.28. The van der Waals surface area contributed by atoms with Gasteiger partial charge in [-0.2, -0.15) is 0 Å². The van der Waals surface area contributed by atoms with Crippen molar-refractivity contribution in [3.05, 3.63) is 47.4 Å². The second-order valence-electron chi connectivity index (χ2n) is 7.58. The fraction of sp³-hybridized carbons (Fsp3) is 0.476. The van der Waals surface area contributed by atoms with Crippen molar-refractivity contribution >= 4 is 17.4 Å². The number of hydrogen-bond acceptors (Lipinski definition) is 4. The third-order valence-corrected chi connectivity index (χ3v) is 5.12. The van der Waals surface area contributed by atoms with Crippen molar-refractivity contribution in [2.75, 3.05) is 18.4 Å². The average molecular weight is 352 g/mol. The predicted octanol–water partition coefficient (Wildman–Crippen LogP) is 4.52. The number of carbonyl (C=O) groups excluding carboxylic acids is 1. The molecule has 0 atom stereocenters. The van der Waals surface area contributed by atoms with E-state index >= 15 is 0 Å². The maximum atomic E-state index is 12.6. The van der Waals surface area contributed by atoms with Crippen molar-refractivity contribution in [1.82, 2.24) is 14.9 Å². The molecule has 0 saturated carbocycles. The molecule has 3 rings (SSSR count). The lowest BCUT2D eigenvalue weighted by molar-refractivity contribution is 0.0691. The van der Waals surface area contributed by atoms with E-state index in [9.17, 15) is 4.79 Å². The minimum absolute atomic E-state index is 0.0188. The van der Waals surface area contributed by atoms with Crippen LogP contribution in [0.5, 0.6) is 0 Å². The van der Waals surface area contributed by atoms with Crippen LogP contribution in [-0.2, 0) is 0 Å². The lowest BCUT2D eigenvalue weighted by atomic mass is 9.98. The Hall–Kier alpha value is -2.43. The molecule has 26 heavy (non-hydrogen) atoms. The van der Waals surface area contributed by atoms with Gasteiger partial charge in [0.1, 0.15) is 11.5 Å². The third kappa shape index (κ3) is 4.03. The highest BCUT2D eigenvalue weighted by molar-refractivity contribution is 5.92. The summed E-state index contributed by atoms with van der Waals surface area (Å²) in [6.07, 6.45) is 5.35. The first-order valence-corrected chi connectivity index (χ1v) is 9.43. The van der Waals surface area contributed by atoms with Crippen LogP contribution in [-0.4, -0.2) is 33.9 Å². The molecule has 0 unspecified atom stereocenters. The number of nitrogens with one attached hydrogen (secondary N) is 1. The standard InChI is InChI=1S/C21H28N4O/c1-14(2)17-7-5-6-16(4)20(17)24-19-13-22-18(12-23-19)21(26)25-10-8-15(3)9-11-25/h5-7,12-15H,8-11H2,1-4H3,(H,23,24). The van der Waals surface area contributed by atoms with Crippen molar-refractivity contribution in [2.24, 2.45) is 5.92 Å². The Morgan fingerprint density at radius 1 is 1.19 bits per heavy atom. The molecule has 1 fully saturated rings. The minimum atomic E-state index is -0.0188. The van der Waals surface area contributed by atoms with Gasteiger partial charge < -0.3 is 10.2 Å². The highest BCUT2D eigenvalue weighted by Crippen LogP contribution is 2.29. The molecule has 1 amide bonds. The zero-order chi connectivity index (χ0) is 18.7. The number of nitrogens with zero attached hydrogens (tertiary/aromatic N) is 3. The smallest absolute Gasteiger partial charge is 0.274 e. The second-order valence-corrected chi connectivity index (χ2v) is 7.58. The number of hydrogen-bond donors (Lipinski definition) is 1. The van der Waals surface area contributed by atoms with Crippen LogP contribution >= 0.6 is 0 Å². The molecule has 138 valence electrons. The number of benzene rings is 1. The van der Waals surface area contributed by atoms with E-state index in [4.69, 9.17) is 0 Å². The predicted molar refractivity (Wildman–Crippen MR) is 105 cm³/mol. The van der Waals surface area contributed by atoms with Gasteiger partial charge in [-0.05, 0) is 42.7 Å². The van der Waals surface area contributed by atoms with Gasteiger partial charge in [0.15, 0.2) is 0 Å². The number of piperidine rings is 1. The molecule has 1 N–H and O–H groups in total. The summed E-state index contributed by atoms with van der Waals surface area (Å²) < 4.78 is 0. The summed E-state index contributed by atoms with van der Waals surface area (Å²) in [5.74, 6) is 1.74. The fourth-order valence-corrected chi connectivity index (χ4v) is 3.35. The molecule has 2 heterocycles. The summed E-state index contributed by atoms with van der Waals surface area (Å²) in [5.41, 5.74) is 3.90. The van der Waals surface area contributed by atoms with E-state index in [1.54, 1.807) is 12.4 Å². The van der Waals surface area contributed by atoms with Crippen LogP contribution in [0.3, 0.4) is 0 Å². The van der Waals surface area contributed by atoms with Crippen LogP contribution in [0, 0.1) is 12.8 Å². The van der Waals surface area contributed by atoms with Crippen LogP contribution in [0.1, 0.15) is 61.1 Å². The highest BCUT2D eigenvalue weighted by Gasteiger charge is 2.22. The number of para-hydroxylation sites is 1. The lowest BCUT2D eigenvalue weighted by Gasteiger charge is -2.29. The molecular weight excluding hydrogens is 324 g/mol. The Balaban J connectivity index is 1.74. The maximum Gasteiger partial charge on any atom is 0.274 e. The number of carbonyl (C=O) groups is 1. The summed E-state index contributed by atoms with van der Waals surface area (Å²) in [7, 11) is 0. The molecule has 1 aromatic heterocycles. The van der Waals surface area contributed by atoms with Gasteiger partial charge in [0.05, 0.1) is 12.4 Å². The van der Waals surface area contributed by atoms with Crippen LogP contribution in [0.2, 0.25) is 0 Å². The summed E-state index contributed by atoms with van der Waals surface area (Å²) >= 11 is 0. The van der Waals surface area contributed by atoms with Gasteiger partial charge in [0.25, 0.3) is 5.91 Å². The van der Waals surface area contributed by atoms with Gasteiger partial charge in [-0.1, -0.05) is 39.0 Å². The maximum absolute atomic E-state index is 12.6. The first-order valence-electron chi connectivity index (χ1n) is 9.43. The largest absolute Gasteiger partial charge is 0.338 e. The lowest BCUT2D eigenvalue weighted by Crippen LogP contribution is -2.38. The van der Waals surface area contributed by atoms with E-state index in [1.807, 2.05) is 4.90 Å². The molecular formula is C21H28N4O. The van der Waals surface area contributed by atoms with E-state index in [0.29, 0.717) is 23.3 Å². The van der Waals surface area contributed by atoms with Gasteiger partial charge >= 0.3 is 0 Å². The zero-order valence-corrected chi connectivity index (χ0v) is 16.1. The number of aryl methyl sites for hydroxylation is 1. The van der Waals surface area contributed by atoms with Crippen molar-refractivity contribution < 1.29 is 4.79 Å². The molecule has 1 aromatic carbocycles. The molecule has 1 aliphatic heterocycles. The van der Waals surface area contributed by atoms with Crippen LogP contribution in [0.4, 0.5) is 11.5 Å². The third-order valence-electron chi connectivity index (χ3n) is 5.12. The van der Waals surface area contributed by atoms with E-state index in [0.717, 1.165) is 31.6 Å². The van der Waals surface area contributed by atoms with Gasteiger partial charge in [-0.3, -0.25) is 4.79 Å². The number of aromatic nitrogens is 2. The molecule has 0 radical (unpaired) electrons. The van der Waals surface area contributed by atoms with E-state index in [-0.39, 0.29) is 5.91 Å². The molecule has 2 aromatic rings. The quantitative estimate of drug-likeness (QED) is 0.878. The number of likely N-dealkylation sites (tertiary alicyclic amines) is 1. The molecule has 1 aliphatic rings. The topological polar surface area (TPSA) is 58.1 Å². The van der Waals surface area contributed by atoms with Gasteiger partial charge in [0.2, 0.25) is 0 Å².